The summed E-state index contributed by atoms with van der Waals surface area (Å²) in [4.78, 5) is 28.5. The van der Waals surface area contributed by atoms with Crippen LogP contribution in [0, 0.1) is 5.41 Å². The molecule has 1 aliphatic carbocycles. The second-order valence-electron chi connectivity index (χ2n) is 10.4. The number of nitrogens with zero attached hydrogens (tertiary/aromatic N) is 2. The summed E-state index contributed by atoms with van der Waals surface area (Å²) in [5.74, 6) is -1.95. The average molecular weight is 487 g/mol. The number of carbonyl (C=O) groups excluding carboxylic acids is 1. The number of amides is 2. The Morgan fingerprint density at radius 2 is 1.76 bits per heavy atom. The maximum atomic E-state index is 14.1. The van der Waals surface area contributed by atoms with Gasteiger partial charge in [0.2, 0.25) is 5.91 Å². The molecule has 0 radical (unpaired) electrons. The van der Waals surface area contributed by atoms with Gasteiger partial charge in [-0.1, -0.05) is 52.2 Å². The molecule has 0 aromatic heterocycles. The van der Waals surface area contributed by atoms with Gasteiger partial charge in [0.1, 0.15) is 5.75 Å². The van der Waals surface area contributed by atoms with E-state index in [-0.39, 0.29) is 25.2 Å². The van der Waals surface area contributed by atoms with Crippen molar-refractivity contribution in [2.24, 2.45) is 5.41 Å². The highest BCUT2D eigenvalue weighted by Crippen LogP contribution is 2.43. The van der Waals surface area contributed by atoms with Crippen LogP contribution in [-0.2, 0) is 4.79 Å². The van der Waals surface area contributed by atoms with Crippen molar-refractivity contribution in [3.63, 3.8) is 0 Å². The summed E-state index contributed by atoms with van der Waals surface area (Å²) >= 11 is 0. The largest absolute Gasteiger partial charge is 0.573 e. The van der Waals surface area contributed by atoms with Gasteiger partial charge in [-0.2, -0.15) is 0 Å². The van der Waals surface area contributed by atoms with Crippen LogP contribution in [0.2, 0.25) is 0 Å². The van der Waals surface area contributed by atoms with Gasteiger partial charge in [-0.15, -0.1) is 13.2 Å². The number of halogens is 3. The molecule has 1 saturated heterocycles. The van der Waals surface area contributed by atoms with Gasteiger partial charge in [0.15, 0.2) is 0 Å². The van der Waals surface area contributed by atoms with Gasteiger partial charge in [0.25, 0.3) is 0 Å². The van der Waals surface area contributed by atoms with Crippen molar-refractivity contribution in [3.8, 4) is 5.75 Å². The predicted molar refractivity (Wildman–Crippen MR) is 118 cm³/mol. The maximum Gasteiger partial charge on any atom is 0.573 e. The first-order chi connectivity index (χ1) is 15.7. The standard InChI is InChI=1S/C24H33F3N2O5/c1-22(2,3)18-15-28(21(31)32)12-13-29(18)20(30)19(23(33)10-5-4-6-11-23)16-8-7-9-17(14-16)34-24(25,26)27/h7-9,14,18-19,33H,4-6,10-13,15H2,1-3H3,(H,31,32). The molecule has 2 N–H and O–H groups in total. The number of benzene rings is 1. The normalized spacial score (nSPS) is 22.3. The molecule has 10 heteroatoms. The molecular weight excluding hydrogens is 453 g/mol. The zero-order valence-electron chi connectivity index (χ0n) is 19.8. The Kier molecular flexibility index (Phi) is 7.40. The topological polar surface area (TPSA) is 90.3 Å². The van der Waals surface area contributed by atoms with Gasteiger partial charge in [-0.25, -0.2) is 4.79 Å². The van der Waals surface area contributed by atoms with Crippen molar-refractivity contribution in [3.05, 3.63) is 29.8 Å². The number of ether oxygens (including phenoxy) is 1. The van der Waals surface area contributed by atoms with E-state index in [1.165, 1.54) is 23.1 Å². The van der Waals surface area contributed by atoms with Crippen molar-refractivity contribution in [2.45, 2.75) is 76.8 Å². The molecule has 1 aliphatic heterocycles. The van der Waals surface area contributed by atoms with E-state index in [4.69, 9.17) is 0 Å². The molecule has 34 heavy (non-hydrogen) atoms. The first-order valence-corrected chi connectivity index (χ1v) is 11.6. The lowest BCUT2D eigenvalue weighted by Gasteiger charge is -2.49. The van der Waals surface area contributed by atoms with Crippen molar-refractivity contribution in [1.82, 2.24) is 9.80 Å². The molecule has 0 bridgehead atoms. The minimum Gasteiger partial charge on any atom is -0.465 e. The summed E-state index contributed by atoms with van der Waals surface area (Å²) in [5, 5.41) is 21.1. The van der Waals surface area contributed by atoms with Crippen molar-refractivity contribution in [1.29, 1.82) is 0 Å². The smallest absolute Gasteiger partial charge is 0.465 e. The highest BCUT2D eigenvalue weighted by molar-refractivity contribution is 5.86. The summed E-state index contributed by atoms with van der Waals surface area (Å²) in [6.45, 7) is 6.10. The number of rotatable bonds is 4. The molecular formula is C24H33F3N2O5. The number of alkyl halides is 3. The van der Waals surface area contributed by atoms with Crippen LogP contribution in [0.15, 0.2) is 24.3 Å². The average Bonchev–Trinajstić information content (AvgIpc) is 2.72. The molecule has 1 saturated carbocycles. The maximum absolute atomic E-state index is 14.1. The molecule has 1 heterocycles. The van der Waals surface area contributed by atoms with Gasteiger partial charge in [-0.3, -0.25) is 4.79 Å². The van der Waals surface area contributed by atoms with Gasteiger partial charge >= 0.3 is 12.5 Å². The number of hydrogen-bond donors (Lipinski definition) is 2. The summed E-state index contributed by atoms with van der Waals surface area (Å²) in [6.07, 6.45) is -2.94. The Morgan fingerprint density at radius 3 is 2.32 bits per heavy atom. The monoisotopic (exact) mass is 486 g/mol. The van der Waals surface area contributed by atoms with E-state index in [0.29, 0.717) is 25.7 Å². The minimum absolute atomic E-state index is 0.118. The Labute approximate surface area is 197 Å². The second-order valence-corrected chi connectivity index (χ2v) is 10.4. The third-order valence-electron chi connectivity index (χ3n) is 6.86. The van der Waals surface area contributed by atoms with E-state index < -0.39 is 47.1 Å². The minimum atomic E-state index is -4.88. The second kappa shape index (κ2) is 9.64. The van der Waals surface area contributed by atoms with Crippen LogP contribution in [0.1, 0.15) is 64.4 Å². The Morgan fingerprint density at radius 1 is 1.12 bits per heavy atom. The number of piperazine rings is 1. The highest BCUT2D eigenvalue weighted by Gasteiger charge is 2.48. The summed E-state index contributed by atoms with van der Waals surface area (Å²) in [5.41, 5.74) is -1.63. The van der Waals surface area contributed by atoms with E-state index in [1.807, 2.05) is 20.8 Å². The van der Waals surface area contributed by atoms with Crippen molar-refractivity contribution >= 4 is 12.0 Å². The Balaban J connectivity index is 2.02. The first-order valence-electron chi connectivity index (χ1n) is 11.6. The molecule has 2 amide bonds. The lowest BCUT2D eigenvalue weighted by Crippen LogP contribution is -2.62. The molecule has 3 rings (SSSR count). The predicted octanol–water partition coefficient (Wildman–Crippen LogP) is 4.60. The zero-order chi connectivity index (χ0) is 25.3. The molecule has 0 spiro atoms. The van der Waals surface area contributed by atoms with E-state index in [0.717, 1.165) is 12.5 Å². The summed E-state index contributed by atoms with van der Waals surface area (Å²) < 4.78 is 42.6. The van der Waals surface area contributed by atoms with Crippen LogP contribution in [0.5, 0.6) is 5.75 Å². The van der Waals surface area contributed by atoms with Crippen LogP contribution in [0.25, 0.3) is 0 Å². The molecule has 1 aromatic carbocycles. The zero-order valence-corrected chi connectivity index (χ0v) is 19.8. The fraction of sp³-hybridized carbons (Fsp3) is 0.667. The van der Waals surface area contributed by atoms with Crippen LogP contribution < -0.4 is 4.74 Å². The van der Waals surface area contributed by atoms with Crippen molar-refractivity contribution in [2.75, 3.05) is 19.6 Å². The fourth-order valence-electron chi connectivity index (χ4n) is 5.15. The highest BCUT2D eigenvalue weighted by atomic mass is 19.4. The van der Waals surface area contributed by atoms with Gasteiger partial charge < -0.3 is 24.7 Å². The lowest BCUT2D eigenvalue weighted by atomic mass is 9.71. The van der Waals surface area contributed by atoms with Crippen LogP contribution in [0.4, 0.5) is 18.0 Å². The number of carbonyl (C=O) groups is 2. The third kappa shape index (κ3) is 5.95. The fourth-order valence-corrected chi connectivity index (χ4v) is 5.15. The van der Waals surface area contributed by atoms with Crippen LogP contribution in [-0.4, -0.2) is 69.7 Å². The molecule has 1 aromatic rings. The van der Waals surface area contributed by atoms with E-state index in [2.05, 4.69) is 4.74 Å². The van der Waals surface area contributed by atoms with Crippen molar-refractivity contribution < 1.29 is 37.7 Å². The number of carboxylic acid groups (broad SMARTS) is 1. The Hall–Kier alpha value is -2.49. The first kappa shape index (κ1) is 26.1. The molecule has 2 fully saturated rings. The molecule has 190 valence electrons. The Bertz CT molecular complexity index is 893. The molecule has 2 atom stereocenters. The van der Waals surface area contributed by atoms with Crippen LogP contribution >= 0.6 is 0 Å². The van der Waals surface area contributed by atoms with Gasteiger partial charge in [0, 0.05) is 19.6 Å². The molecule has 2 aliphatic rings. The van der Waals surface area contributed by atoms with E-state index in [1.54, 1.807) is 4.90 Å². The molecule has 7 nitrogen and oxygen atoms in total. The van der Waals surface area contributed by atoms with E-state index >= 15 is 0 Å². The van der Waals surface area contributed by atoms with Gasteiger partial charge in [0.05, 0.1) is 17.6 Å². The summed E-state index contributed by atoms with van der Waals surface area (Å²) in [6, 6.07) is 4.79. The van der Waals surface area contributed by atoms with Gasteiger partial charge in [-0.05, 0) is 36.0 Å². The molecule has 2 unspecified atom stereocenters. The van der Waals surface area contributed by atoms with Crippen LogP contribution in [0.3, 0.4) is 0 Å². The summed E-state index contributed by atoms with van der Waals surface area (Å²) in [7, 11) is 0. The quantitative estimate of drug-likeness (QED) is 0.649. The number of hydrogen-bond acceptors (Lipinski definition) is 4. The lowest BCUT2D eigenvalue weighted by molar-refractivity contribution is -0.274. The SMILES string of the molecule is CC(C)(C)C1CN(C(=O)O)CCN1C(=O)C(c1cccc(OC(F)(F)F)c1)C1(O)CCCCC1. The third-order valence-corrected chi connectivity index (χ3v) is 6.86. The van der Waals surface area contributed by atoms with E-state index in [9.17, 15) is 33.0 Å². The number of aliphatic hydroxyl groups is 1.